The summed E-state index contributed by atoms with van der Waals surface area (Å²) in [7, 11) is 0. The van der Waals surface area contributed by atoms with Gasteiger partial charge in [-0.05, 0) is 34.1 Å². The zero-order valence-corrected chi connectivity index (χ0v) is 10.7. The summed E-state index contributed by atoms with van der Waals surface area (Å²) in [4.78, 5) is 7.03. The van der Waals surface area contributed by atoms with Crippen LogP contribution in [0.2, 0.25) is 0 Å². The number of thiophene rings is 1. The lowest BCUT2D eigenvalue weighted by molar-refractivity contribution is 0.515. The van der Waals surface area contributed by atoms with Crippen LogP contribution in [0.3, 0.4) is 0 Å². The lowest BCUT2D eigenvalue weighted by atomic mass is 10.3. The quantitative estimate of drug-likeness (QED) is 0.711. The minimum Gasteiger partial charge on any atom is -0.338 e. The molecule has 0 bridgehead atoms. The first kappa shape index (κ1) is 10.9. The van der Waals surface area contributed by atoms with E-state index in [1.807, 2.05) is 11.4 Å². The van der Waals surface area contributed by atoms with Gasteiger partial charge in [0.2, 0.25) is 0 Å². The van der Waals surface area contributed by atoms with Crippen LogP contribution in [0.5, 0.6) is 0 Å². The van der Waals surface area contributed by atoms with Crippen LogP contribution in [0.25, 0.3) is 22.4 Å². The Morgan fingerprint density at radius 1 is 1.29 bits per heavy atom. The van der Waals surface area contributed by atoms with E-state index in [0.717, 1.165) is 15.4 Å². The average molecular weight is 315 g/mol. The van der Waals surface area contributed by atoms with Crippen molar-refractivity contribution in [3.05, 3.63) is 39.0 Å². The highest BCUT2D eigenvalue weighted by Crippen LogP contribution is 2.29. The summed E-state index contributed by atoms with van der Waals surface area (Å²) in [5.41, 5.74) is 1.36. The summed E-state index contributed by atoms with van der Waals surface area (Å²) in [6, 6.07) is 4.44. The number of nitrogens with zero attached hydrogens (tertiary/aromatic N) is 1. The predicted octanol–water partition coefficient (Wildman–Crippen LogP) is 4.33. The van der Waals surface area contributed by atoms with Crippen LogP contribution in [0.15, 0.2) is 27.4 Å². The maximum Gasteiger partial charge on any atom is 0.186 e. The fourth-order valence-corrected chi connectivity index (χ4v) is 2.73. The monoisotopic (exact) mass is 314 g/mol. The van der Waals surface area contributed by atoms with Gasteiger partial charge >= 0.3 is 0 Å². The summed E-state index contributed by atoms with van der Waals surface area (Å²) in [6.07, 6.45) is 0. The number of aromatic nitrogens is 2. The second-order valence-electron chi connectivity index (χ2n) is 3.48. The summed E-state index contributed by atoms with van der Waals surface area (Å²) in [5, 5.41) is 1.88. The molecule has 0 aliphatic carbocycles. The van der Waals surface area contributed by atoms with Crippen LogP contribution in [0, 0.1) is 11.6 Å². The molecular formula is C11H5BrF2N2S. The van der Waals surface area contributed by atoms with E-state index in [1.165, 1.54) is 17.4 Å². The van der Waals surface area contributed by atoms with Gasteiger partial charge in [-0.15, -0.1) is 11.3 Å². The summed E-state index contributed by atoms with van der Waals surface area (Å²) < 4.78 is 27.5. The Labute approximate surface area is 107 Å². The zero-order valence-electron chi connectivity index (χ0n) is 8.30. The van der Waals surface area contributed by atoms with Gasteiger partial charge in [0.1, 0.15) is 11.3 Å². The van der Waals surface area contributed by atoms with Crippen molar-refractivity contribution in [3.8, 4) is 11.4 Å². The molecule has 0 amide bonds. The van der Waals surface area contributed by atoms with Gasteiger partial charge in [-0.2, -0.15) is 0 Å². The molecule has 0 spiro atoms. The SMILES string of the molecule is Fc1ccc2[nH]c(-c3csc(Br)c3)nc2c1F. The van der Waals surface area contributed by atoms with E-state index in [2.05, 4.69) is 25.9 Å². The Hall–Kier alpha value is -1.27. The first-order valence-corrected chi connectivity index (χ1v) is 6.40. The van der Waals surface area contributed by atoms with Crippen LogP contribution in [-0.4, -0.2) is 9.97 Å². The number of nitrogens with one attached hydrogen (secondary N) is 1. The van der Waals surface area contributed by atoms with Crippen LogP contribution >= 0.6 is 27.3 Å². The first-order chi connectivity index (χ1) is 8.15. The molecule has 0 unspecified atom stereocenters. The molecule has 3 rings (SSSR count). The summed E-state index contributed by atoms with van der Waals surface area (Å²) >= 11 is 4.85. The van der Waals surface area contributed by atoms with Crippen molar-refractivity contribution in [1.29, 1.82) is 0 Å². The van der Waals surface area contributed by atoms with Gasteiger partial charge in [0.15, 0.2) is 11.6 Å². The number of rotatable bonds is 1. The Kier molecular flexibility index (Phi) is 2.48. The van der Waals surface area contributed by atoms with E-state index < -0.39 is 11.6 Å². The number of hydrogen-bond acceptors (Lipinski definition) is 2. The second-order valence-corrected chi connectivity index (χ2v) is 5.77. The average Bonchev–Trinajstić information content (AvgIpc) is 2.90. The molecule has 1 aromatic carbocycles. The van der Waals surface area contributed by atoms with Crippen molar-refractivity contribution in [2.45, 2.75) is 0 Å². The number of hydrogen-bond donors (Lipinski definition) is 1. The number of imidazole rings is 1. The fraction of sp³-hybridized carbons (Fsp3) is 0. The lowest BCUT2D eigenvalue weighted by Crippen LogP contribution is -1.84. The van der Waals surface area contributed by atoms with Crippen molar-refractivity contribution in [2.75, 3.05) is 0 Å². The number of halogens is 3. The summed E-state index contributed by atoms with van der Waals surface area (Å²) in [6.45, 7) is 0. The molecule has 0 aliphatic heterocycles. The van der Waals surface area contributed by atoms with Crippen molar-refractivity contribution >= 4 is 38.3 Å². The molecule has 86 valence electrons. The Balaban J connectivity index is 2.23. The van der Waals surface area contributed by atoms with E-state index in [1.54, 1.807) is 0 Å². The maximum absolute atomic E-state index is 13.5. The van der Waals surface area contributed by atoms with Crippen molar-refractivity contribution in [1.82, 2.24) is 9.97 Å². The van der Waals surface area contributed by atoms with Gasteiger partial charge in [0, 0.05) is 10.9 Å². The van der Waals surface area contributed by atoms with Crippen LogP contribution in [-0.2, 0) is 0 Å². The molecule has 3 aromatic rings. The van der Waals surface area contributed by atoms with Gasteiger partial charge in [-0.25, -0.2) is 13.8 Å². The van der Waals surface area contributed by atoms with Crippen LogP contribution in [0.4, 0.5) is 8.78 Å². The third-order valence-electron chi connectivity index (χ3n) is 2.39. The Morgan fingerprint density at radius 2 is 2.12 bits per heavy atom. The third-order valence-corrected chi connectivity index (χ3v) is 3.89. The normalized spacial score (nSPS) is 11.2. The molecule has 0 radical (unpaired) electrons. The molecule has 1 N–H and O–H groups in total. The zero-order chi connectivity index (χ0) is 12.0. The third kappa shape index (κ3) is 1.77. The molecule has 2 aromatic heterocycles. The highest BCUT2D eigenvalue weighted by atomic mass is 79.9. The molecule has 6 heteroatoms. The smallest absolute Gasteiger partial charge is 0.186 e. The molecule has 0 aliphatic rings. The van der Waals surface area contributed by atoms with Crippen LogP contribution < -0.4 is 0 Å². The number of H-pyrrole nitrogens is 1. The fourth-order valence-electron chi connectivity index (χ4n) is 1.59. The van der Waals surface area contributed by atoms with Crippen LogP contribution in [0.1, 0.15) is 0 Å². The molecule has 0 saturated carbocycles. The van der Waals surface area contributed by atoms with E-state index in [-0.39, 0.29) is 5.52 Å². The molecule has 17 heavy (non-hydrogen) atoms. The van der Waals surface area contributed by atoms with Gasteiger partial charge in [0.05, 0.1) is 9.30 Å². The highest BCUT2D eigenvalue weighted by molar-refractivity contribution is 9.11. The molecule has 2 nitrogen and oxygen atoms in total. The first-order valence-electron chi connectivity index (χ1n) is 4.73. The van der Waals surface area contributed by atoms with Crippen molar-refractivity contribution in [3.63, 3.8) is 0 Å². The second kappa shape index (κ2) is 3.89. The topological polar surface area (TPSA) is 28.7 Å². The summed E-state index contributed by atoms with van der Waals surface area (Å²) in [5.74, 6) is -1.27. The molecule has 0 saturated heterocycles. The number of aromatic amines is 1. The number of benzene rings is 1. The van der Waals surface area contributed by atoms with E-state index in [4.69, 9.17) is 0 Å². The molecule has 0 fully saturated rings. The molecule has 0 atom stereocenters. The molecular weight excluding hydrogens is 310 g/mol. The minimum atomic E-state index is -0.917. The predicted molar refractivity (Wildman–Crippen MR) is 67.0 cm³/mol. The Morgan fingerprint density at radius 3 is 2.82 bits per heavy atom. The largest absolute Gasteiger partial charge is 0.338 e. The lowest BCUT2D eigenvalue weighted by Gasteiger charge is -1.91. The number of fused-ring (bicyclic) bond motifs is 1. The van der Waals surface area contributed by atoms with E-state index >= 15 is 0 Å². The van der Waals surface area contributed by atoms with Gasteiger partial charge < -0.3 is 4.98 Å². The van der Waals surface area contributed by atoms with E-state index in [9.17, 15) is 8.78 Å². The van der Waals surface area contributed by atoms with Crippen molar-refractivity contribution in [2.24, 2.45) is 0 Å². The molecule has 2 heterocycles. The van der Waals surface area contributed by atoms with Crippen molar-refractivity contribution < 1.29 is 8.78 Å². The standard InChI is InChI=1S/C11H5BrF2N2S/c12-8-3-5(4-17-8)11-15-7-2-1-6(13)9(14)10(7)16-11/h1-4H,(H,15,16). The highest BCUT2D eigenvalue weighted by Gasteiger charge is 2.13. The van der Waals surface area contributed by atoms with Gasteiger partial charge in [-0.1, -0.05) is 0 Å². The maximum atomic E-state index is 13.5. The van der Waals surface area contributed by atoms with E-state index in [0.29, 0.717) is 11.3 Å². The minimum absolute atomic E-state index is 0.0299. The Bertz CT molecular complexity index is 705. The van der Waals surface area contributed by atoms with Gasteiger partial charge in [0.25, 0.3) is 0 Å². The van der Waals surface area contributed by atoms with Gasteiger partial charge in [-0.3, -0.25) is 0 Å².